The highest BCUT2D eigenvalue weighted by Gasteiger charge is 2.29. The summed E-state index contributed by atoms with van der Waals surface area (Å²) in [6.07, 6.45) is 0. The van der Waals surface area contributed by atoms with Gasteiger partial charge < -0.3 is 14.8 Å². The largest absolute Gasteiger partial charge is 0.486 e. The summed E-state index contributed by atoms with van der Waals surface area (Å²) >= 11 is 0. The van der Waals surface area contributed by atoms with Crippen molar-refractivity contribution in [2.75, 3.05) is 19.8 Å². The number of hydrogen-bond acceptors (Lipinski definition) is 3. The third-order valence-electron chi connectivity index (χ3n) is 5.23. The first kappa shape index (κ1) is 18.1. The van der Waals surface area contributed by atoms with Crippen LogP contribution >= 0.6 is 0 Å². The second-order valence-corrected chi connectivity index (χ2v) is 7.11. The van der Waals surface area contributed by atoms with Crippen molar-refractivity contribution in [2.24, 2.45) is 0 Å². The minimum absolute atomic E-state index is 0.130. The van der Waals surface area contributed by atoms with Crippen LogP contribution in [0.2, 0.25) is 0 Å². The van der Waals surface area contributed by atoms with Gasteiger partial charge in [0.1, 0.15) is 13.2 Å². The molecule has 0 atom stereocenters. The average Bonchev–Trinajstić information content (AvgIpc) is 2.78. The van der Waals surface area contributed by atoms with E-state index in [-0.39, 0.29) is 11.3 Å². The molecule has 0 saturated carbocycles. The molecule has 4 rings (SSSR count). The summed E-state index contributed by atoms with van der Waals surface area (Å²) in [5.41, 5.74) is 2.53. The molecule has 1 aliphatic heterocycles. The molecule has 142 valence electrons. The van der Waals surface area contributed by atoms with Crippen molar-refractivity contribution in [1.82, 2.24) is 5.32 Å². The molecule has 0 aliphatic carbocycles. The Kier molecular flexibility index (Phi) is 5.02. The van der Waals surface area contributed by atoms with E-state index in [1.165, 1.54) is 0 Å². The van der Waals surface area contributed by atoms with Crippen LogP contribution in [0.25, 0.3) is 0 Å². The molecule has 1 N–H and O–H groups in total. The number of carbonyl (C=O) groups excluding carboxylic acids is 1. The zero-order chi connectivity index (χ0) is 19.4. The first-order chi connectivity index (χ1) is 13.7. The van der Waals surface area contributed by atoms with Gasteiger partial charge in [0, 0.05) is 17.5 Å². The number of benzene rings is 3. The summed E-state index contributed by atoms with van der Waals surface area (Å²) in [7, 11) is 0. The van der Waals surface area contributed by atoms with Gasteiger partial charge in [0.15, 0.2) is 11.5 Å². The number of nitrogens with one attached hydrogen (secondary N) is 1. The minimum atomic E-state index is -0.341. The standard InChI is InChI=1S/C24H23NO3/c1-24(19-8-4-2-5-9-19,20-10-6-3-7-11-20)17-25-23(26)18-12-13-21-22(16-18)28-15-14-27-21/h2-13,16H,14-15,17H2,1H3,(H,25,26). The van der Waals surface area contributed by atoms with Crippen LogP contribution < -0.4 is 14.8 Å². The van der Waals surface area contributed by atoms with Gasteiger partial charge in [0.05, 0.1) is 0 Å². The Hall–Kier alpha value is -3.27. The lowest BCUT2D eigenvalue weighted by Crippen LogP contribution is -2.39. The van der Waals surface area contributed by atoms with Crippen LogP contribution in [0.4, 0.5) is 0 Å². The highest BCUT2D eigenvalue weighted by molar-refractivity contribution is 5.95. The molecular formula is C24H23NO3. The van der Waals surface area contributed by atoms with E-state index in [0.717, 1.165) is 11.1 Å². The molecule has 3 aromatic rings. The summed E-state index contributed by atoms with van der Waals surface area (Å²) in [6, 6.07) is 25.8. The number of amides is 1. The van der Waals surface area contributed by atoms with Gasteiger partial charge in [-0.3, -0.25) is 4.79 Å². The molecule has 0 radical (unpaired) electrons. The Balaban J connectivity index is 1.57. The fraction of sp³-hybridized carbons (Fsp3) is 0.208. The van der Waals surface area contributed by atoms with Crippen LogP contribution in [0.15, 0.2) is 78.9 Å². The van der Waals surface area contributed by atoms with E-state index in [1.807, 2.05) is 36.4 Å². The summed E-state index contributed by atoms with van der Waals surface area (Å²) in [5.74, 6) is 1.17. The highest BCUT2D eigenvalue weighted by atomic mass is 16.6. The SMILES string of the molecule is CC(CNC(=O)c1ccc2c(c1)OCCO2)(c1ccccc1)c1ccccc1. The minimum Gasteiger partial charge on any atom is -0.486 e. The van der Waals surface area contributed by atoms with E-state index in [2.05, 4.69) is 36.5 Å². The first-order valence-corrected chi connectivity index (χ1v) is 9.46. The van der Waals surface area contributed by atoms with Crippen LogP contribution in [-0.4, -0.2) is 25.7 Å². The zero-order valence-corrected chi connectivity index (χ0v) is 15.9. The van der Waals surface area contributed by atoms with E-state index >= 15 is 0 Å². The lowest BCUT2D eigenvalue weighted by Gasteiger charge is -2.31. The molecule has 1 amide bonds. The monoisotopic (exact) mass is 373 g/mol. The van der Waals surface area contributed by atoms with Crippen molar-refractivity contribution < 1.29 is 14.3 Å². The number of hydrogen-bond donors (Lipinski definition) is 1. The lowest BCUT2D eigenvalue weighted by atomic mass is 9.76. The molecule has 3 aromatic carbocycles. The number of fused-ring (bicyclic) bond motifs is 1. The van der Waals surface area contributed by atoms with E-state index < -0.39 is 0 Å². The summed E-state index contributed by atoms with van der Waals surface area (Å²) < 4.78 is 11.1. The summed E-state index contributed by atoms with van der Waals surface area (Å²) in [4.78, 5) is 12.8. The van der Waals surface area contributed by atoms with Crippen LogP contribution in [0.3, 0.4) is 0 Å². The molecule has 0 fully saturated rings. The van der Waals surface area contributed by atoms with Crippen LogP contribution in [-0.2, 0) is 5.41 Å². The molecule has 0 spiro atoms. The molecule has 28 heavy (non-hydrogen) atoms. The highest BCUT2D eigenvalue weighted by Crippen LogP contribution is 2.32. The fourth-order valence-electron chi connectivity index (χ4n) is 3.53. The molecule has 0 bridgehead atoms. The summed E-state index contributed by atoms with van der Waals surface area (Å²) in [5, 5.41) is 3.11. The number of carbonyl (C=O) groups is 1. The van der Waals surface area contributed by atoms with Crippen molar-refractivity contribution >= 4 is 5.91 Å². The second-order valence-electron chi connectivity index (χ2n) is 7.11. The van der Waals surface area contributed by atoms with E-state index in [0.29, 0.717) is 36.8 Å². The summed E-state index contributed by atoms with van der Waals surface area (Å²) in [6.45, 7) is 3.67. The van der Waals surface area contributed by atoms with Gasteiger partial charge in [-0.2, -0.15) is 0 Å². The molecule has 1 aliphatic rings. The van der Waals surface area contributed by atoms with E-state index in [1.54, 1.807) is 18.2 Å². The van der Waals surface area contributed by atoms with Crippen molar-refractivity contribution in [3.05, 3.63) is 95.6 Å². The third kappa shape index (κ3) is 3.58. The predicted octanol–water partition coefficient (Wildman–Crippen LogP) is 4.19. The smallest absolute Gasteiger partial charge is 0.251 e. The van der Waals surface area contributed by atoms with Crippen molar-refractivity contribution in [2.45, 2.75) is 12.3 Å². The van der Waals surface area contributed by atoms with Gasteiger partial charge in [-0.1, -0.05) is 60.7 Å². The Morgan fingerprint density at radius 2 is 1.43 bits per heavy atom. The van der Waals surface area contributed by atoms with Gasteiger partial charge >= 0.3 is 0 Å². The molecule has 0 saturated heterocycles. The molecular weight excluding hydrogens is 350 g/mol. The normalized spacial score (nSPS) is 13.0. The van der Waals surface area contributed by atoms with Crippen molar-refractivity contribution in [3.63, 3.8) is 0 Å². The Labute approximate surface area is 165 Å². The molecule has 0 unspecified atom stereocenters. The number of rotatable bonds is 5. The van der Waals surface area contributed by atoms with Crippen LogP contribution in [0, 0.1) is 0 Å². The van der Waals surface area contributed by atoms with Gasteiger partial charge in [-0.15, -0.1) is 0 Å². The topological polar surface area (TPSA) is 47.6 Å². The van der Waals surface area contributed by atoms with Gasteiger partial charge in [0.2, 0.25) is 0 Å². The molecule has 1 heterocycles. The molecule has 4 nitrogen and oxygen atoms in total. The van der Waals surface area contributed by atoms with Crippen molar-refractivity contribution in [1.29, 1.82) is 0 Å². The van der Waals surface area contributed by atoms with Crippen molar-refractivity contribution in [3.8, 4) is 11.5 Å². The average molecular weight is 373 g/mol. The Morgan fingerprint density at radius 1 is 0.857 bits per heavy atom. The maximum atomic E-state index is 12.8. The quantitative estimate of drug-likeness (QED) is 0.729. The van der Waals surface area contributed by atoms with E-state index in [9.17, 15) is 4.79 Å². The maximum Gasteiger partial charge on any atom is 0.251 e. The van der Waals surface area contributed by atoms with Crippen LogP contribution in [0.1, 0.15) is 28.4 Å². The fourth-order valence-corrected chi connectivity index (χ4v) is 3.53. The van der Waals surface area contributed by atoms with Gasteiger partial charge in [-0.05, 0) is 36.2 Å². The van der Waals surface area contributed by atoms with Gasteiger partial charge in [0.25, 0.3) is 5.91 Å². The second kappa shape index (κ2) is 7.77. The van der Waals surface area contributed by atoms with E-state index in [4.69, 9.17) is 9.47 Å². The zero-order valence-electron chi connectivity index (χ0n) is 15.9. The lowest BCUT2D eigenvalue weighted by molar-refractivity contribution is 0.0946. The predicted molar refractivity (Wildman–Crippen MR) is 109 cm³/mol. The van der Waals surface area contributed by atoms with Gasteiger partial charge in [-0.25, -0.2) is 0 Å². The Bertz CT molecular complexity index is 915. The molecule has 4 heteroatoms. The van der Waals surface area contributed by atoms with Crippen LogP contribution in [0.5, 0.6) is 11.5 Å². The number of ether oxygens (including phenoxy) is 2. The molecule has 0 aromatic heterocycles. The Morgan fingerprint density at radius 3 is 2.04 bits per heavy atom. The third-order valence-corrected chi connectivity index (χ3v) is 5.23. The maximum absolute atomic E-state index is 12.8. The first-order valence-electron chi connectivity index (χ1n) is 9.46.